The number of nitrogens with one attached hydrogen (secondary N) is 1. The van der Waals surface area contributed by atoms with Crippen LogP contribution in [0.3, 0.4) is 0 Å². The SMILES string of the molecule is CSCC[C@@](NC(=O)c1ccc(OC(Cn2ccnc2)c2ccc(F)cc2)cc1-c1ccc(F)cc1)(C(=O)O)C(C)(C)C. The van der Waals surface area contributed by atoms with Gasteiger partial charge in [0.2, 0.25) is 0 Å². The van der Waals surface area contributed by atoms with Gasteiger partial charge in [0.05, 0.1) is 12.9 Å². The summed E-state index contributed by atoms with van der Waals surface area (Å²) in [6.07, 6.45) is 6.66. The van der Waals surface area contributed by atoms with Gasteiger partial charge in [0, 0.05) is 18.0 Å². The number of carboxylic acid groups (broad SMARTS) is 1. The summed E-state index contributed by atoms with van der Waals surface area (Å²) >= 11 is 1.50. The Hall–Kier alpha value is -4.18. The number of aliphatic carboxylic acids is 1. The Labute approximate surface area is 254 Å². The van der Waals surface area contributed by atoms with Crippen LogP contribution < -0.4 is 10.1 Å². The van der Waals surface area contributed by atoms with Gasteiger partial charge in [-0.1, -0.05) is 45.0 Å². The summed E-state index contributed by atoms with van der Waals surface area (Å²) in [6.45, 7) is 5.74. The van der Waals surface area contributed by atoms with Crippen LogP contribution in [0.2, 0.25) is 0 Å². The Morgan fingerprint density at radius 3 is 2.23 bits per heavy atom. The van der Waals surface area contributed by atoms with Crippen LogP contribution >= 0.6 is 11.8 Å². The Morgan fingerprint density at radius 2 is 1.67 bits per heavy atom. The van der Waals surface area contributed by atoms with Crippen LogP contribution in [0.15, 0.2) is 85.5 Å². The van der Waals surface area contributed by atoms with Crippen molar-refractivity contribution in [2.75, 3.05) is 12.0 Å². The molecule has 0 fully saturated rings. The van der Waals surface area contributed by atoms with Crippen molar-refractivity contribution < 1.29 is 28.2 Å². The first-order valence-electron chi connectivity index (χ1n) is 13.8. The van der Waals surface area contributed by atoms with E-state index < -0.39 is 34.8 Å². The average Bonchev–Trinajstić information content (AvgIpc) is 3.48. The van der Waals surface area contributed by atoms with Crippen molar-refractivity contribution in [2.24, 2.45) is 5.41 Å². The van der Waals surface area contributed by atoms with Crippen LogP contribution in [-0.2, 0) is 11.3 Å². The molecule has 3 aromatic carbocycles. The Kier molecular flexibility index (Phi) is 9.91. The van der Waals surface area contributed by atoms with Gasteiger partial charge in [-0.3, -0.25) is 4.79 Å². The molecule has 7 nitrogen and oxygen atoms in total. The van der Waals surface area contributed by atoms with Crippen LogP contribution in [0.25, 0.3) is 11.1 Å². The molecule has 10 heteroatoms. The predicted octanol–water partition coefficient (Wildman–Crippen LogP) is 7.00. The quantitative estimate of drug-likeness (QED) is 0.180. The molecule has 0 spiro atoms. The summed E-state index contributed by atoms with van der Waals surface area (Å²) in [6, 6.07) is 16.6. The summed E-state index contributed by atoms with van der Waals surface area (Å²) < 4.78 is 35.8. The molecule has 0 radical (unpaired) electrons. The number of carbonyl (C=O) groups excluding carboxylic acids is 1. The maximum Gasteiger partial charge on any atom is 0.330 e. The third-order valence-electron chi connectivity index (χ3n) is 7.50. The van der Waals surface area contributed by atoms with E-state index in [0.717, 1.165) is 5.56 Å². The second kappa shape index (κ2) is 13.4. The molecular weight excluding hydrogens is 572 g/mol. The van der Waals surface area contributed by atoms with Gasteiger partial charge in [-0.05, 0) is 83.0 Å². The van der Waals surface area contributed by atoms with Crippen LogP contribution in [0.5, 0.6) is 5.75 Å². The van der Waals surface area contributed by atoms with Crippen molar-refractivity contribution in [3.63, 3.8) is 0 Å². The number of halogens is 2. The molecule has 43 heavy (non-hydrogen) atoms. The zero-order valence-corrected chi connectivity index (χ0v) is 25.3. The number of hydrogen-bond acceptors (Lipinski definition) is 5. The molecule has 0 aliphatic heterocycles. The average molecular weight is 608 g/mol. The molecule has 0 aliphatic rings. The maximum absolute atomic E-state index is 13.9. The van der Waals surface area contributed by atoms with Gasteiger partial charge in [0.25, 0.3) is 5.91 Å². The van der Waals surface area contributed by atoms with E-state index in [4.69, 9.17) is 4.74 Å². The number of aromatic nitrogens is 2. The molecule has 2 atom stereocenters. The topological polar surface area (TPSA) is 93.5 Å². The minimum atomic E-state index is -1.54. The molecule has 0 saturated carbocycles. The van der Waals surface area contributed by atoms with E-state index in [1.54, 1.807) is 82.0 Å². The van der Waals surface area contributed by atoms with Crippen molar-refractivity contribution in [1.82, 2.24) is 14.9 Å². The third kappa shape index (κ3) is 7.43. The number of rotatable bonds is 12. The highest BCUT2D eigenvalue weighted by Crippen LogP contribution is 2.37. The molecule has 1 aromatic heterocycles. The summed E-state index contributed by atoms with van der Waals surface area (Å²) in [5.74, 6) is -1.56. The van der Waals surface area contributed by atoms with Gasteiger partial charge in [0.1, 0.15) is 29.0 Å². The Bertz CT molecular complexity index is 1540. The number of carbonyl (C=O) groups is 2. The second-order valence-corrected chi connectivity index (χ2v) is 12.3. The maximum atomic E-state index is 13.9. The van der Waals surface area contributed by atoms with Gasteiger partial charge in [-0.15, -0.1) is 0 Å². The minimum Gasteiger partial charge on any atom is -0.484 e. The molecular formula is C33H35F2N3O4S. The molecule has 0 aliphatic carbocycles. The second-order valence-electron chi connectivity index (χ2n) is 11.3. The molecule has 2 N–H and O–H groups in total. The lowest BCUT2D eigenvalue weighted by molar-refractivity contribution is -0.149. The molecule has 4 rings (SSSR count). The van der Waals surface area contributed by atoms with Gasteiger partial charge in [0.15, 0.2) is 0 Å². The van der Waals surface area contributed by atoms with Crippen molar-refractivity contribution >= 4 is 23.6 Å². The lowest BCUT2D eigenvalue weighted by atomic mass is 9.71. The molecule has 0 bridgehead atoms. The van der Waals surface area contributed by atoms with Crippen LogP contribution in [-0.4, -0.2) is 44.1 Å². The fraction of sp³-hybridized carbons (Fsp3) is 0.303. The number of ether oxygens (including phenoxy) is 1. The minimum absolute atomic E-state index is 0.214. The van der Waals surface area contributed by atoms with E-state index in [1.807, 2.05) is 10.8 Å². The largest absolute Gasteiger partial charge is 0.484 e. The van der Waals surface area contributed by atoms with Crippen molar-refractivity contribution in [3.8, 4) is 16.9 Å². The first-order valence-corrected chi connectivity index (χ1v) is 15.2. The lowest BCUT2D eigenvalue weighted by Crippen LogP contribution is -2.62. The van der Waals surface area contributed by atoms with Crippen LogP contribution in [0, 0.1) is 17.0 Å². The van der Waals surface area contributed by atoms with E-state index in [0.29, 0.717) is 29.2 Å². The van der Waals surface area contributed by atoms with Crippen LogP contribution in [0.1, 0.15) is 49.2 Å². The molecule has 0 saturated heterocycles. The number of benzene rings is 3. The zero-order chi connectivity index (χ0) is 31.2. The Balaban J connectivity index is 1.76. The normalized spacial score (nSPS) is 13.6. The highest BCUT2D eigenvalue weighted by molar-refractivity contribution is 7.98. The van der Waals surface area contributed by atoms with Crippen LogP contribution in [0.4, 0.5) is 8.78 Å². The van der Waals surface area contributed by atoms with E-state index in [1.165, 1.54) is 36.0 Å². The number of hydrogen-bond donors (Lipinski definition) is 2. The standard InChI is InChI=1S/C33H35F2N3O4S/c1-32(2,3)33(31(40)41,15-18-43-4)37-30(39)27-14-13-26(19-28(27)22-5-9-24(34)10-6-22)42-29(20-38-17-16-36-21-38)23-7-11-25(35)12-8-23/h5-14,16-17,19,21,29H,15,18,20H2,1-4H3,(H,37,39)(H,40,41)/t29?,33-/m1/s1. The smallest absolute Gasteiger partial charge is 0.330 e. The summed E-state index contributed by atoms with van der Waals surface area (Å²) in [5, 5.41) is 13.2. The molecule has 226 valence electrons. The van der Waals surface area contributed by atoms with Gasteiger partial charge >= 0.3 is 5.97 Å². The predicted molar refractivity (Wildman–Crippen MR) is 164 cm³/mol. The number of thioether (sulfide) groups is 1. The number of imidazole rings is 1. The van der Waals surface area contributed by atoms with Crippen molar-refractivity contribution in [3.05, 3.63) is 108 Å². The third-order valence-corrected chi connectivity index (χ3v) is 8.11. The number of nitrogens with zero attached hydrogens (tertiary/aromatic N) is 2. The fourth-order valence-electron chi connectivity index (χ4n) is 4.92. The van der Waals surface area contributed by atoms with Crippen molar-refractivity contribution in [2.45, 2.75) is 45.4 Å². The highest BCUT2D eigenvalue weighted by Gasteiger charge is 2.49. The van der Waals surface area contributed by atoms with Gasteiger partial charge in [-0.2, -0.15) is 11.8 Å². The first-order chi connectivity index (χ1) is 20.4. The number of carboxylic acids is 1. The summed E-state index contributed by atoms with van der Waals surface area (Å²) in [7, 11) is 0. The first kappa shape index (κ1) is 31.7. The van der Waals surface area contributed by atoms with Crippen molar-refractivity contribution in [1.29, 1.82) is 0 Å². The fourth-order valence-corrected chi connectivity index (χ4v) is 5.43. The molecule has 1 unspecified atom stereocenters. The Morgan fingerprint density at radius 1 is 1.02 bits per heavy atom. The van der Waals surface area contributed by atoms with E-state index in [2.05, 4.69) is 10.3 Å². The van der Waals surface area contributed by atoms with Gasteiger partial charge in [-0.25, -0.2) is 18.6 Å². The molecule has 1 heterocycles. The molecule has 1 amide bonds. The van der Waals surface area contributed by atoms with E-state index >= 15 is 0 Å². The molecule has 4 aromatic rings. The summed E-state index contributed by atoms with van der Waals surface area (Å²) in [5.41, 5.74) is -0.421. The zero-order valence-electron chi connectivity index (χ0n) is 24.5. The lowest BCUT2D eigenvalue weighted by Gasteiger charge is -2.42. The monoisotopic (exact) mass is 607 g/mol. The highest BCUT2D eigenvalue weighted by atomic mass is 32.2. The number of amides is 1. The van der Waals surface area contributed by atoms with E-state index in [-0.39, 0.29) is 17.8 Å². The summed E-state index contributed by atoms with van der Waals surface area (Å²) in [4.78, 5) is 30.7. The van der Waals surface area contributed by atoms with E-state index in [9.17, 15) is 23.5 Å². The van der Waals surface area contributed by atoms with Gasteiger partial charge < -0.3 is 19.7 Å².